The molecule has 1 heterocycles. The number of aryl methyl sites for hydroxylation is 1. The minimum atomic E-state index is 0.287. The molecule has 1 aromatic rings. The van der Waals surface area contributed by atoms with Crippen molar-refractivity contribution < 1.29 is 4.74 Å². The SMILES string of the molecule is Cc1nn(CCOC(C)C)c(C)c1Br. The summed E-state index contributed by atoms with van der Waals surface area (Å²) in [7, 11) is 0. The number of hydrogen-bond acceptors (Lipinski definition) is 2. The van der Waals surface area contributed by atoms with E-state index in [1.54, 1.807) is 0 Å². The lowest BCUT2D eigenvalue weighted by molar-refractivity contribution is 0.0706. The van der Waals surface area contributed by atoms with Crippen molar-refractivity contribution in [3.05, 3.63) is 15.9 Å². The summed E-state index contributed by atoms with van der Waals surface area (Å²) in [4.78, 5) is 0. The van der Waals surface area contributed by atoms with Crippen molar-refractivity contribution in [3.8, 4) is 0 Å². The van der Waals surface area contributed by atoms with Gasteiger partial charge in [-0.1, -0.05) is 0 Å². The van der Waals surface area contributed by atoms with Gasteiger partial charge >= 0.3 is 0 Å². The van der Waals surface area contributed by atoms with E-state index in [4.69, 9.17) is 4.74 Å². The Morgan fingerprint density at radius 3 is 2.50 bits per heavy atom. The maximum absolute atomic E-state index is 5.47. The summed E-state index contributed by atoms with van der Waals surface area (Å²) in [6.45, 7) is 9.66. The summed E-state index contributed by atoms with van der Waals surface area (Å²) in [5, 5.41) is 4.40. The van der Waals surface area contributed by atoms with Crippen molar-refractivity contribution in [1.82, 2.24) is 9.78 Å². The Hall–Kier alpha value is -0.350. The highest BCUT2D eigenvalue weighted by molar-refractivity contribution is 9.10. The van der Waals surface area contributed by atoms with E-state index in [-0.39, 0.29) is 6.10 Å². The first-order chi connectivity index (χ1) is 6.52. The summed E-state index contributed by atoms with van der Waals surface area (Å²) in [5.41, 5.74) is 2.20. The quantitative estimate of drug-likeness (QED) is 0.833. The van der Waals surface area contributed by atoms with Crippen LogP contribution < -0.4 is 0 Å². The van der Waals surface area contributed by atoms with E-state index in [9.17, 15) is 0 Å². The number of hydrogen-bond donors (Lipinski definition) is 0. The molecule has 0 N–H and O–H groups in total. The Bertz CT molecular complexity index is 307. The summed E-state index contributed by atoms with van der Waals surface area (Å²) in [6, 6.07) is 0. The van der Waals surface area contributed by atoms with Crippen molar-refractivity contribution in [3.63, 3.8) is 0 Å². The summed E-state index contributed by atoms with van der Waals surface area (Å²) in [6.07, 6.45) is 0.287. The number of ether oxygens (including phenoxy) is 1. The lowest BCUT2D eigenvalue weighted by Crippen LogP contribution is -2.12. The van der Waals surface area contributed by atoms with Gasteiger partial charge in [0.2, 0.25) is 0 Å². The molecule has 0 aliphatic rings. The highest BCUT2D eigenvalue weighted by Crippen LogP contribution is 2.19. The zero-order chi connectivity index (χ0) is 10.7. The van der Waals surface area contributed by atoms with Gasteiger partial charge in [0, 0.05) is 5.69 Å². The Balaban J connectivity index is 2.55. The molecule has 0 bridgehead atoms. The van der Waals surface area contributed by atoms with Crippen LogP contribution in [0.3, 0.4) is 0 Å². The van der Waals surface area contributed by atoms with Crippen LogP contribution >= 0.6 is 15.9 Å². The molecule has 0 saturated carbocycles. The normalized spacial score (nSPS) is 11.3. The van der Waals surface area contributed by atoms with E-state index in [2.05, 4.69) is 28.0 Å². The Morgan fingerprint density at radius 1 is 1.43 bits per heavy atom. The zero-order valence-electron chi connectivity index (χ0n) is 9.17. The second-order valence-electron chi connectivity index (χ2n) is 3.63. The molecule has 0 atom stereocenters. The van der Waals surface area contributed by atoms with Gasteiger partial charge in [-0.25, -0.2) is 0 Å². The zero-order valence-corrected chi connectivity index (χ0v) is 10.8. The maximum Gasteiger partial charge on any atom is 0.0738 e. The van der Waals surface area contributed by atoms with E-state index >= 15 is 0 Å². The first-order valence-corrected chi connectivity index (χ1v) is 5.62. The van der Waals surface area contributed by atoms with Crippen molar-refractivity contribution in [2.24, 2.45) is 0 Å². The molecular formula is C10H17BrN2O. The Morgan fingerprint density at radius 2 is 2.07 bits per heavy atom. The van der Waals surface area contributed by atoms with E-state index in [1.165, 1.54) is 0 Å². The predicted molar refractivity (Wildman–Crippen MR) is 60.5 cm³/mol. The van der Waals surface area contributed by atoms with E-state index < -0.39 is 0 Å². The first-order valence-electron chi connectivity index (χ1n) is 4.83. The molecule has 0 radical (unpaired) electrons. The van der Waals surface area contributed by atoms with Crippen LogP contribution in [0, 0.1) is 13.8 Å². The van der Waals surface area contributed by atoms with Crippen LogP contribution in [0.5, 0.6) is 0 Å². The molecule has 0 spiro atoms. The second-order valence-corrected chi connectivity index (χ2v) is 4.42. The van der Waals surface area contributed by atoms with Gasteiger partial charge in [0.15, 0.2) is 0 Å². The number of halogens is 1. The summed E-state index contributed by atoms with van der Waals surface area (Å²) >= 11 is 3.50. The lowest BCUT2D eigenvalue weighted by atomic mass is 10.4. The first kappa shape index (κ1) is 11.7. The standard InChI is InChI=1S/C10H17BrN2O/c1-7(2)14-6-5-13-9(4)10(11)8(3)12-13/h7H,5-6H2,1-4H3. The average molecular weight is 261 g/mol. The van der Waals surface area contributed by atoms with Crippen LogP contribution in [0.1, 0.15) is 25.2 Å². The van der Waals surface area contributed by atoms with Crippen molar-refractivity contribution in [1.29, 1.82) is 0 Å². The van der Waals surface area contributed by atoms with Gasteiger partial charge < -0.3 is 4.74 Å². The number of aromatic nitrogens is 2. The monoisotopic (exact) mass is 260 g/mol. The average Bonchev–Trinajstić information content (AvgIpc) is 2.33. The molecule has 0 amide bonds. The van der Waals surface area contributed by atoms with Crippen LogP contribution in [0.25, 0.3) is 0 Å². The summed E-state index contributed by atoms with van der Waals surface area (Å²) in [5.74, 6) is 0. The molecule has 1 rings (SSSR count). The number of nitrogens with zero attached hydrogens (tertiary/aromatic N) is 2. The molecule has 0 unspecified atom stereocenters. The highest BCUT2D eigenvalue weighted by Gasteiger charge is 2.07. The largest absolute Gasteiger partial charge is 0.377 e. The highest BCUT2D eigenvalue weighted by atomic mass is 79.9. The fourth-order valence-corrected chi connectivity index (χ4v) is 1.55. The van der Waals surface area contributed by atoms with E-state index in [1.807, 2.05) is 25.5 Å². The van der Waals surface area contributed by atoms with Crippen LogP contribution in [0.4, 0.5) is 0 Å². The van der Waals surface area contributed by atoms with Crippen LogP contribution in [-0.4, -0.2) is 22.5 Å². The smallest absolute Gasteiger partial charge is 0.0738 e. The second kappa shape index (κ2) is 4.94. The molecular weight excluding hydrogens is 244 g/mol. The molecule has 0 saturated heterocycles. The number of rotatable bonds is 4. The fraction of sp³-hybridized carbons (Fsp3) is 0.700. The van der Waals surface area contributed by atoms with Gasteiger partial charge in [-0.2, -0.15) is 5.10 Å². The minimum Gasteiger partial charge on any atom is -0.377 e. The van der Waals surface area contributed by atoms with Crippen molar-refractivity contribution >= 4 is 15.9 Å². The van der Waals surface area contributed by atoms with E-state index in [0.29, 0.717) is 6.61 Å². The molecule has 80 valence electrons. The third-order valence-electron chi connectivity index (χ3n) is 2.05. The van der Waals surface area contributed by atoms with Crippen LogP contribution in [-0.2, 0) is 11.3 Å². The third kappa shape index (κ3) is 2.82. The topological polar surface area (TPSA) is 27.1 Å². The fourth-order valence-electron chi connectivity index (χ4n) is 1.27. The molecule has 14 heavy (non-hydrogen) atoms. The van der Waals surface area contributed by atoms with Crippen molar-refractivity contribution in [2.45, 2.75) is 40.3 Å². The van der Waals surface area contributed by atoms with Crippen LogP contribution in [0.2, 0.25) is 0 Å². The molecule has 3 nitrogen and oxygen atoms in total. The molecule has 4 heteroatoms. The van der Waals surface area contributed by atoms with Crippen LogP contribution in [0.15, 0.2) is 4.47 Å². The van der Waals surface area contributed by atoms with Gasteiger partial charge in [0.05, 0.1) is 29.4 Å². The van der Waals surface area contributed by atoms with Gasteiger partial charge in [-0.15, -0.1) is 0 Å². The lowest BCUT2D eigenvalue weighted by Gasteiger charge is -2.08. The van der Waals surface area contributed by atoms with Crippen molar-refractivity contribution in [2.75, 3.05) is 6.61 Å². The molecule has 0 aromatic carbocycles. The molecule has 0 aliphatic heterocycles. The van der Waals surface area contributed by atoms with Gasteiger partial charge in [-0.3, -0.25) is 4.68 Å². The molecule has 0 fully saturated rings. The Kier molecular flexibility index (Phi) is 4.13. The minimum absolute atomic E-state index is 0.287. The maximum atomic E-state index is 5.47. The summed E-state index contributed by atoms with van der Waals surface area (Å²) < 4.78 is 8.55. The van der Waals surface area contributed by atoms with Gasteiger partial charge in [-0.05, 0) is 43.6 Å². The van der Waals surface area contributed by atoms with Gasteiger partial charge in [0.25, 0.3) is 0 Å². The Labute approximate surface area is 93.6 Å². The molecule has 1 aromatic heterocycles. The molecule has 0 aliphatic carbocycles. The predicted octanol–water partition coefficient (Wildman–Crippen LogP) is 2.69. The van der Waals surface area contributed by atoms with E-state index in [0.717, 1.165) is 22.4 Å². The third-order valence-corrected chi connectivity index (χ3v) is 3.20. The van der Waals surface area contributed by atoms with Gasteiger partial charge in [0.1, 0.15) is 0 Å².